The van der Waals surface area contributed by atoms with Crippen molar-refractivity contribution < 1.29 is 5.11 Å². The molecule has 0 atom stereocenters. The Kier molecular flexibility index (Phi) is 4.39. The minimum atomic E-state index is 0.0790. The van der Waals surface area contributed by atoms with Gasteiger partial charge in [0.1, 0.15) is 0 Å². The van der Waals surface area contributed by atoms with Crippen molar-refractivity contribution in [3.8, 4) is 0 Å². The van der Waals surface area contributed by atoms with Gasteiger partial charge in [0.15, 0.2) is 0 Å². The number of likely N-dealkylation sites (N-methyl/N-ethyl adjacent to an activating group) is 1. The van der Waals surface area contributed by atoms with Gasteiger partial charge in [0.25, 0.3) is 0 Å². The van der Waals surface area contributed by atoms with Crippen molar-refractivity contribution in [3.63, 3.8) is 0 Å². The number of benzene rings is 1. The number of rotatable bonds is 3. The highest BCUT2D eigenvalue weighted by molar-refractivity contribution is 5.90. The molecule has 0 saturated carbocycles. The van der Waals surface area contributed by atoms with Gasteiger partial charge in [-0.3, -0.25) is 4.98 Å². The number of aliphatic hydroxyl groups excluding tert-OH is 1. The first-order valence-electron chi connectivity index (χ1n) is 9.12. The Hall–Kier alpha value is -2.43. The average molecular weight is 347 g/mol. The molecule has 0 unspecified atom stereocenters. The van der Waals surface area contributed by atoms with Crippen LogP contribution in [0.1, 0.15) is 35.0 Å². The van der Waals surface area contributed by atoms with Crippen molar-refractivity contribution in [2.75, 3.05) is 13.6 Å². The second-order valence-electron chi connectivity index (χ2n) is 7.29. The Balaban J connectivity index is 1.89. The van der Waals surface area contributed by atoms with E-state index in [1.54, 1.807) is 0 Å². The number of aliphatic hydroxyl groups is 1. The predicted molar refractivity (Wildman–Crippen MR) is 107 cm³/mol. The Morgan fingerprint density at radius 2 is 2.12 bits per heavy atom. The van der Waals surface area contributed by atoms with E-state index in [1.807, 2.05) is 19.2 Å². The molecule has 1 aliphatic rings. The Morgan fingerprint density at radius 3 is 2.85 bits per heavy atom. The zero-order valence-corrected chi connectivity index (χ0v) is 15.7. The number of pyridine rings is 1. The van der Waals surface area contributed by atoms with Crippen LogP contribution in [0.3, 0.4) is 0 Å². The topological polar surface area (TPSA) is 41.3 Å². The van der Waals surface area contributed by atoms with E-state index < -0.39 is 0 Å². The second-order valence-corrected chi connectivity index (χ2v) is 7.29. The summed E-state index contributed by atoms with van der Waals surface area (Å²) < 4.78 is 2.34. The van der Waals surface area contributed by atoms with Crippen LogP contribution in [0.15, 0.2) is 36.5 Å². The molecule has 1 aromatic carbocycles. The van der Waals surface area contributed by atoms with E-state index in [4.69, 9.17) is 0 Å². The largest absolute Gasteiger partial charge is 0.392 e. The summed E-state index contributed by atoms with van der Waals surface area (Å²) in [5.41, 5.74) is 8.32. The van der Waals surface area contributed by atoms with Crippen LogP contribution in [0.5, 0.6) is 0 Å². The van der Waals surface area contributed by atoms with Crippen LogP contribution in [0.25, 0.3) is 22.7 Å². The minimum Gasteiger partial charge on any atom is -0.392 e. The number of allylic oxidation sites excluding steroid dienone is 1. The Morgan fingerprint density at radius 1 is 1.27 bits per heavy atom. The summed E-state index contributed by atoms with van der Waals surface area (Å²) in [6.07, 6.45) is 5.21. The highest BCUT2D eigenvalue weighted by atomic mass is 16.3. The molecule has 3 heterocycles. The van der Waals surface area contributed by atoms with Gasteiger partial charge < -0.3 is 14.6 Å². The molecule has 1 N–H and O–H groups in total. The van der Waals surface area contributed by atoms with E-state index in [-0.39, 0.29) is 6.61 Å². The van der Waals surface area contributed by atoms with Crippen LogP contribution in [0.2, 0.25) is 0 Å². The predicted octanol–water partition coefficient (Wildman–Crippen LogP) is 3.84. The van der Waals surface area contributed by atoms with Crippen molar-refractivity contribution in [1.29, 1.82) is 0 Å². The van der Waals surface area contributed by atoms with E-state index in [1.165, 1.54) is 27.7 Å². The monoisotopic (exact) mass is 347 g/mol. The molecule has 0 bridgehead atoms. The van der Waals surface area contributed by atoms with Gasteiger partial charge in [0.05, 0.1) is 12.1 Å². The molecule has 0 aliphatic carbocycles. The molecule has 4 rings (SSSR count). The first-order chi connectivity index (χ1) is 12.6. The van der Waals surface area contributed by atoms with E-state index in [0.29, 0.717) is 0 Å². The van der Waals surface area contributed by atoms with Crippen LogP contribution in [-0.4, -0.2) is 33.1 Å². The van der Waals surface area contributed by atoms with Crippen LogP contribution < -0.4 is 0 Å². The van der Waals surface area contributed by atoms with Crippen molar-refractivity contribution in [3.05, 3.63) is 64.6 Å². The standard InChI is InChI=1S/C22H25N3O/c1-15(18-6-4-16(2)23-11-18)12-25-21-7-5-17(14-26)10-19(21)20-13-24(3)9-8-22(20)25/h4-7,10-12,26H,8-9,13-14H2,1-3H3. The summed E-state index contributed by atoms with van der Waals surface area (Å²) in [6, 6.07) is 10.5. The van der Waals surface area contributed by atoms with Crippen LogP contribution in [0, 0.1) is 6.92 Å². The quantitative estimate of drug-likeness (QED) is 0.782. The third-order valence-corrected chi connectivity index (χ3v) is 5.32. The molecule has 0 fully saturated rings. The second kappa shape index (κ2) is 6.71. The van der Waals surface area contributed by atoms with Gasteiger partial charge >= 0.3 is 0 Å². The van der Waals surface area contributed by atoms with Gasteiger partial charge in [0, 0.05) is 48.7 Å². The molecule has 1 aliphatic heterocycles. The molecule has 134 valence electrons. The van der Waals surface area contributed by atoms with E-state index in [9.17, 15) is 5.11 Å². The zero-order valence-electron chi connectivity index (χ0n) is 15.7. The summed E-state index contributed by atoms with van der Waals surface area (Å²) in [6.45, 7) is 6.24. The van der Waals surface area contributed by atoms with Gasteiger partial charge in [-0.1, -0.05) is 12.1 Å². The fourth-order valence-electron chi connectivity index (χ4n) is 3.79. The molecule has 0 radical (unpaired) electrons. The summed E-state index contributed by atoms with van der Waals surface area (Å²) in [5, 5.41) is 10.8. The lowest BCUT2D eigenvalue weighted by molar-refractivity contribution is 0.282. The Labute approximate surface area is 154 Å². The highest BCUT2D eigenvalue weighted by Gasteiger charge is 2.22. The lowest BCUT2D eigenvalue weighted by atomic mass is 10.0. The molecule has 4 nitrogen and oxygen atoms in total. The number of hydrogen-bond acceptors (Lipinski definition) is 3. The van der Waals surface area contributed by atoms with Gasteiger partial charge in [0.2, 0.25) is 0 Å². The molecular weight excluding hydrogens is 322 g/mol. The lowest BCUT2D eigenvalue weighted by Crippen LogP contribution is -2.26. The van der Waals surface area contributed by atoms with Crippen LogP contribution >= 0.6 is 0 Å². The lowest BCUT2D eigenvalue weighted by Gasteiger charge is -2.23. The molecule has 0 amide bonds. The van der Waals surface area contributed by atoms with Crippen molar-refractivity contribution >= 4 is 22.7 Å². The maximum Gasteiger partial charge on any atom is 0.0682 e. The van der Waals surface area contributed by atoms with E-state index in [0.717, 1.165) is 36.3 Å². The zero-order chi connectivity index (χ0) is 18.3. The number of nitrogens with zero attached hydrogens (tertiary/aromatic N) is 3. The van der Waals surface area contributed by atoms with E-state index in [2.05, 4.69) is 58.9 Å². The van der Waals surface area contributed by atoms with Gasteiger partial charge in [-0.2, -0.15) is 0 Å². The molecule has 0 spiro atoms. The molecule has 2 aromatic heterocycles. The molecule has 26 heavy (non-hydrogen) atoms. The Bertz CT molecular complexity index is 983. The molecule has 4 heteroatoms. The normalized spacial score (nSPS) is 15.5. The van der Waals surface area contributed by atoms with Gasteiger partial charge in [-0.25, -0.2) is 0 Å². The number of aromatic nitrogens is 2. The third-order valence-electron chi connectivity index (χ3n) is 5.32. The summed E-state index contributed by atoms with van der Waals surface area (Å²) in [4.78, 5) is 6.79. The number of aryl methyl sites for hydroxylation is 1. The number of fused-ring (bicyclic) bond motifs is 3. The first-order valence-corrected chi connectivity index (χ1v) is 9.12. The maximum absolute atomic E-state index is 9.54. The summed E-state index contributed by atoms with van der Waals surface area (Å²) in [7, 11) is 2.17. The van der Waals surface area contributed by atoms with E-state index >= 15 is 0 Å². The van der Waals surface area contributed by atoms with Crippen LogP contribution in [0.4, 0.5) is 0 Å². The molecule has 0 saturated heterocycles. The molecular formula is C22H25N3O. The van der Waals surface area contributed by atoms with Crippen molar-refractivity contribution in [2.45, 2.75) is 33.4 Å². The fourth-order valence-corrected chi connectivity index (χ4v) is 3.79. The SMILES string of the molecule is CC(=Cn1c2c(c3cc(CO)ccc31)CN(C)CC2)c1ccc(C)nc1. The van der Waals surface area contributed by atoms with Crippen molar-refractivity contribution in [2.24, 2.45) is 0 Å². The average Bonchev–Trinajstić information content (AvgIpc) is 2.94. The maximum atomic E-state index is 9.54. The van der Waals surface area contributed by atoms with Gasteiger partial charge in [-0.15, -0.1) is 0 Å². The summed E-state index contributed by atoms with van der Waals surface area (Å²) >= 11 is 0. The van der Waals surface area contributed by atoms with Crippen molar-refractivity contribution in [1.82, 2.24) is 14.5 Å². The fraction of sp³-hybridized carbons (Fsp3) is 0.318. The third kappa shape index (κ3) is 2.96. The van der Waals surface area contributed by atoms with Gasteiger partial charge in [-0.05, 0) is 61.4 Å². The highest BCUT2D eigenvalue weighted by Crippen LogP contribution is 2.32. The molecule has 3 aromatic rings. The first kappa shape index (κ1) is 17.0. The number of hydrogen-bond donors (Lipinski definition) is 1. The summed E-state index contributed by atoms with van der Waals surface area (Å²) in [5.74, 6) is 0. The van der Waals surface area contributed by atoms with Crippen LogP contribution in [-0.2, 0) is 19.6 Å². The minimum absolute atomic E-state index is 0.0790. The smallest absolute Gasteiger partial charge is 0.0682 e.